The van der Waals surface area contributed by atoms with E-state index in [0.29, 0.717) is 13.0 Å². The largest absolute Gasteiger partial charge is 0.465 e. The van der Waals surface area contributed by atoms with Crippen LogP contribution in [0.3, 0.4) is 0 Å². The fraction of sp³-hybridized carbons (Fsp3) is 0.812. The van der Waals surface area contributed by atoms with Gasteiger partial charge in [0.25, 0.3) is 0 Å². The van der Waals surface area contributed by atoms with E-state index >= 15 is 0 Å². The van der Waals surface area contributed by atoms with E-state index in [-0.39, 0.29) is 11.9 Å². The van der Waals surface area contributed by atoms with Gasteiger partial charge in [0.2, 0.25) is 0 Å². The van der Waals surface area contributed by atoms with Crippen molar-refractivity contribution in [3.8, 4) is 11.8 Å². The van der Waals surface area contributed by atoms with Gasteiger partial charge in [-0.2, -0.15) is 0 Å². The number of rotatable bonds is 4. The van der Waals surface area contributed by atoms with Crippen LogP contribution in [0.4, 0.5) is 0 Å². The summed E-state index contributed by atoms with van der Waals surface area (Å²) in [4.78, 5) is 12.1. The monoisotopic (exact) mass is 266 g/mol. The molecule has 3 heteroatoms. The molecule has 0 radical (unpaired) electrons. The van der Waals surface area contributed by atoms with Gasteiger partial charge in [0, 0.05) is 12.3 Å². The highest BCUT2D eigenvalue weighted by molar-refractivity contribution is 5.78. The molecule has 108 valence electrons. The number of carbonyl (C=O) groups is 1. The van der Waals surface area contributed by atoms with E-state index in [1.165, 1.54) is 0 Å². The first-order chi connectivity index (χ1) is 8.90. The topological polar surface area (TPSA) is 46.5 Å². The molecule has 1 rings (SSSR count). The molecule has 0 aromatic heterocycles. The minimum absolute atomic E-state index is 0.140. The van der Waals surface area contributed by atoms with Crippen molar-refractivity contribution in [3.63, 3.8) is 0 Å². The molecule has 3 nitrogen and oxygen atoms in total. The molecule has 0 amide bonds. The summed E-state index contributed by atoms with van der Waals surface area (Å²) in [5.74, 6) is 5.83. The number of unbranched alkanes of at least 4 members (excludes halogenated alkanes) is 2. The number of aliphatic hydroxyl groups is 1. The van der Waals surface area contributed by atoms with Gasteiger partial charge < -0.3 is 9.84 Å². The van der Waals surface area contributed by atoms with Crippen LogP contribution in [0, 0.1) is 23.2 Å². The predicted molar refractivity (Wildman–Crippen MR) is 75.4 cm³/mol. The first kappa shape index (κ1) is 16.0. The Balaban J connectivity index is 2.80. The van der Waals surface area contributed by atoms with Gasteiger partial charge in [-0.25, -0.2) is 0 Å². The van der Waals surface area contributed by atoms with Crippen LogP contribution in [0.5, 0.6) is 0 Å². The Morgan fingerprint density at radius 1 is 1.42 bits per heavy atom. The average molecular weight is 266 g/mol. The third-order valence-corrected chi connectivity index (χ3v) is 4.39. The lowest BCUT2D eigenvalue weighted by molar-refractivity contribution is -0.168. The normalized spacial score (nSPS) is 33.6. The summed E-state index contributed by atoms with van der Waals surface area (Å²) in [7, 11) is 0. The molecule has 1 aliphatic rings. The fourth-order valence-corrected chi connectivity index (χ4v) is 2.62. The second kappa shape index (κ2) is 6.43. The van der Waals surface area contributed by atoms with Gasteiger partial charge in [-0.05, 0) is 40.0 Å². The molecule has 1 fully saturated rings. The van der Waals surface area contributed by atoms with Crippen LogP contribution in [-0.2, 0) is 9.53 Å². The van der Waals surface area contributed by atoms with Gasteiger partial charge in [-0.15, -0.1) is 5.92 Å². The Morgan fingerprint density at radius 3 is 2.68 bits per heavy atom. The smallest absolute Gasteiger partial charge is 0.314 e. The predicted octanol–water partition coefficient (Wildman–Crippen LogP) is 2.91. The van der Waals surface area contributed by atoms with Gasteiger partial charge in [0.05, 0.1) is 17.6 Å². The Bertz CT molecular complexity index is 375. The number of carbonyl (C=O) groups excluding carboxylic acids is 1. The summed E-state index contributed by atoms with van der Waals surface area (Å²) < 4.78 is 5.11. The molecule has 3 atom stereocenters. The van der Waals surface area contributed by atoms with E-state index in [1.54, 1.807) is 20.8 Å². The van der Waals surface area contributed by atoms with Crippen LogP contribution in [-0.4, -0.2) is 23.3 Å². The SMILES string of the molecule is CCCCC#C[C@@H]1CC[C@@](C)(C(=O)OCC)[C@@]1(C)O. The maximum absolute atomic E-state index is 12.1. The van der Waals surface area contributed by atoms with Gasteiger partial charge in [0.1, 0.15) is 0 Å². The van der Waals surface area contributed by atoms with Gasteiger partial charge >= 0.3 is 5.97 Å². The summed E-state index contributed by atoms with van der Waals surface area (Å²) in [6.45, 7) is 7.77. The van der Waals surface area contributed by atoms with E-state index in [9.17, 15) is 9.90 Å². The molecule has 0 heterocycles. The van der Waals surface area contributed by atoms with E-state index < -0.39 is 11.0 Å². The molecule has 0 aromatic rings. The molecule has 0 spiro atoms. The van der Waals surface area contributed by atoms with E-state index in [0.717, 1.165) is 25.7 Å². The van der Waals surface area contributed by atoms with Crippen molar-refractivity contribution >= 4 is 5.97 Å². The maximum atomic E-state index is 12.1. The molecule has 0 saturated heterocycles. The molecule has 0 bridgehead atoms. The van der Waals surface area contributed by atoms with Crippen LogP contribution in [0.2, 0.25) is 0 Å². The number of hydrogen-bond donors (Lipinski definition) is 1. The van der Waals surface area contributed by atoms with Crippen molar-refractivity contribution in [3.05, 3.63) is 0 Å². The van der Waals surface area contributed by atoms with Crippen molar-refractivity contribution < 1.29 is 14.6 Å². The minimum Gasteiger partial charge on any atom is -0.465 e. The maximum Gasteiger partial charge on any atom is 0.314 e. The molecular weight excluding hydrogens is 240 g/mol. The van der Waals surface area contributed by atoms with E-state index in [2.05, 4.69) is 18.8 Å². The van der Waals surface area contributed by atoms with Crippen LogP contribution < -0.4 is 0 Å². The van der Waals surface area contributed by atoms with Crippen LogP contribution in [0.15, 0.2) is 0 Å². The second-order valence-corrected chi connectivity index (χ2v) is 5.72. The van der Waals surface area contributed by atoms with Gasteiger partial charge in [0.15, 0.2) is 0 Å². The van der Waals surface area contributed by atoms with Crippen LogP contribution in [0.25, 0.3) is 0 Å². The molecule has 0 unspecified atom stereocenters. The molecule has 1 N–H and O–H groups in total. The zero-order chi connectivity index (χ0) is 14.5. The van der Waals surface area contributed by atoms with Crippen molar-refractivity contribution in [1.82, 2.24) is 0 Å². The van der Waals surface area contributed by atoms with E-state index in [4.69, 9.17) is 4.74 Å². The highest BCUT2D eigenvalue weighted by Gasteiger charge is 2.58. The molecule has 1 saturated carbocycles. The Kier molecular flexibility index (Phi) is 5.43. The molecule has 0 aromatic carbocycles. The highest BCUT2D eigenvalue weighted by Crippen LogP contribution is 2.50. The minimum atomic E-state index is -1.11. The number of esters is 1. The average Bonchev–Trinajstić information content (AvgIpc) is 2.59. The Morgan fingerprint density at radius 2 is 2.11 bits per heavy atom. The van der Waals surface area contributed by atoms with Crippen molar-refractivity contribution in [2.75, 3.05) is 6.61 Å². The summed E-state index contributed by atoms with van der Waals surface area (Å²) in [5.41, 5.74) is -1.95. The number of hydrogen-bond acceptors (Lipinski definition) is 3. The molecule has 0 aliphatic heterocycles. The summed E-state index contributed by atoms with van der Waals surface area (Å²) in [6, 6.07) is 0. The van der Waals surface area contributed by atoms with Crippen LogP contribution >= 0.6 is 0 Å². The summed E-state index contributed by atoms with van der Waals surface area (Å²) in [5, 5.41) is 10.7. The first-order valence-electron chi connectivity index (χ1n) is 7.28. The van der Waals surface area contributed by atoms with Crippen LogP contribution in [0.1, 0.15) is 59.8 Å². The summed E-state index contributed by atoms with van der Waals surface area (Å²) in [6.07, 6.45) is 4.44. The second-order valence-electron chi connectivity index (χ2n) is 5.72. The first-order valence-corrected chi connectivity index (χ1v) is 7.28. The zero-order valence-corrected chi connectivity index (χ0v) is 12.6. The lowest BCUT2D eigenvalue weighted by Gasteiger charge is -2.36. The third kappa shape index (κ3) is 3.12. The molecular formula is C16H26O3. The highest BCUT2D eigenvalue weighted by atomic mass is 16.5. The number of ether oxygens (including phenoxy) is 1. The van der Waals surface area contributed by atoms with Gasteiger partial charge in [-0.1, -0.05) is 19.3 Å². The Labute approximate surface area is 116 Å². The Hall–Kier alpha value is -1.01. The summed E-state index contributed by atoms with van der Waals surface area (Å²) >= 11 is 0. The third-order valence-electron chi connectivity index (χ3n) is 4.39. The molecule has 19 heavy (non-hydrogen) atoms. The van der Waals surface area contributed by atoms with E-state index in [1.807, 2.05) is 0 Å². The standard InChI is InChI=1S/C16H26O3/c1-5-7-8-9-10-13-11-12-15(3,16(13,4)18)14(17)19-6-2/h13,18H,5-8,11-12H2,1-4H3/t13-,15+,16+/m1/s1. The quantitative estimate of drug-likeness (QED) is 0.483. The fourth-order valence-electron chi connectivity index (χ4n) is 2.62. The van der Waals surface area contributed by atoms with Gasteiger partial charge in [-0.3, -0.25) is 4.79 Å². The lowest BCUT2D eigenvalue weighted by Crippen LogP contribution is -2.49. The van der Waals surface area contributed by atoms with Crippen molar-refractivity contribution in [2.45, 2.75) is 65.4 Å². The van der Waals surface area contributed by atoms with Crippen molar-refractivity contribution in [2.24, 2.45) is 11.3 Å². The zero-order valence-electron chi connectivity index (χ0n) is 12.6. The molecule has 1 aliphatic carbocycles. The lowest BCUT2D eigenvalue weighted by atomic mass is 9.74. The van der Waals surface area contributed by atoms with Crippen molar-refractivity contribution in [1.29, 1.82) is 0 Å².